The van der Waals surface area contributed by atoms with E-state index in [0.717, 1.165) is 19.4 Å². The predicted octanol–water partition coefficient (Wildman–Crippen LogP) is 3.82. The lowest BCUT2D eigenvalue weighted by molar-refractivity contribution is 0.0941. The van der Waals surface area contributed by atoms with E-state index in [1.54, 1.807) is 13.0 Å². The maximum Gasteiger partial charge on any atom is 0.271 e. The summed E-state index contributed by atoms with van der Waals surface area (Å²) in [5, 5.41) is 3.71. The molecule has 1 saturated heterocycles. The fourth-order valence-corrected chi connectivity index (χ4v) is 5.51. The number of rotatable bonds is 7. The van der Waals surface area contributed by atoms with Crippen LogP contribution in [0.2, 0.25) is 5.02 Å². The summed E-state index contributed by atoms with van der Waals surface area (Å²) in [5.74, 6) is -0.328. The van der Waals surface area contributed by atoms with Crippen molar-refractivity contribution in [3.63, 3.8) is 0 Å². The van der Waals surface area contributed by atoms with E-state index in [9.17, 15) is 17.6 Å². The zero-order chi connectivity index (χ0) is 22.9. The van der Waals surface area contributed by atoms with Gasteiger partial charge in [0.1, 0.15) is 17.3 Å². The van der Waals surface area contributed by atoms with Gasteiger partial charge in [-0.05, 0) is 44.2 Å². The van der Waals surface area contributed by atoms with Gasteiger partial charge >= 0.3 is 0 Å². The van der Waals surface area contributed by atoms with Crippen LogP contribution in [0, 0.1) is 5.82 Å². The summed E-state index contributed by atoms with van der Waals surface area (Å²) in [7, 11) is -3.23. The number of nitrogens with one attached hydrogen (secondary N) is 1. The highest BCUT2D eigenvalue weighted by Crippen LogP contribution is 2.38. The Morgan fingerprint density at radius 1 is 1.28 bits per heavy atom. The summed E-state index contributed by atoms with van der Waals surface area (Å²) in [5.41, 5.74) is 0.827. The van der Waals surface area contributed by atoms with Crippen molar-refractivity contribution in [2.45, 2.75) is 49.9 Å². The smallest absolute Gasteiger partial charge is 0.271 e. The minimum Gasteiger partial charge on any atom is -0.348 e. The van der Waals surface area contributed by atoms with Gasteiger partial charge in [0.2, 0.25) is 0 Å². The molecule has 0 spiro atoms. The average Bonchev–Trinajstić information content (AvgIpc) is 3.53. The van der Waals surface area contributed by atoms with E-state index in [-0.39, 0.29) is 22.0 Å². The number of carbonyl (C=O) groups is 1. The van der Waals surface area contributed by atoms with E-state index in [1.165, 1.54) is 29.9 Å². The second-order valence-electron chi connectivity index (χ2n) is 8.13. The van der Waals surface area contributed by atoms with Gasteiger partial charge in [-0.25, -0.2) is 22.8 Å². The molecular weight excluding hydrogens is 455 g/mol. The zero-order valence-electron chi connectivity index (χ0n) is 17.5. The quantitative estimate of drug-likeness (QED) is 0.650. The Labute approximate surface area is 191 Å². The van der Waals surface area contributed by atoms with Gasteiger partial charge < -0.3 is 10.2 Å². The van der Waals surface area contributed by atoms with Gasteiger partial charge in [-0.15, -0.1) is 0 Å². The van der Waals surface area contributed by atoms with Crippen molar-refractivity contribution < 1.29 is 17.6 Å². The fraction of sp³-hybridized carbons (Fsp3) is 0.409. The number of halogens is 2. The van der Waals surface area contributed by atoms with Gasteiger partial charge in [0.15, 0.2) is 9.84 Å². The van der Waals surface area contributed by atoms with Crippen LogP contribution >= 0.6 is 11.6 Å². The lowest BCUT2D eigenvalue weighted by Crippen LogP contribution is -2.32. The Morgan fingerprint density at radius 2 is 2.06 bits per heavy atom. The van der Waals surface area contributed by atoms with Crippen LogP contribution in [0.5, 0.6) is 0 Å². The molecule has 1 N–H and O–H groups in total. The number of anilines is 1. The topological polar surface area (TPSA) is 92.3 Å². The van der Waals surface area contributed by atoms with Crippen molar-refractivity contribution >= 4 is 33.2 Å². The summed E-state index contributed by atoms with van der Waals surface area (Å²) in [4.78, 5) is 23.1. The number of benzene rings is 1. The third-order valence-corrected chi connectivity index (χ3v) is 8.00. The minimum absolute atomic E-state index is 0.110. The molecule has 0 bridgehead atoms. The number of sulfone groups is 1. The number of amides is 1. The molecule has 0 radical (unpaired) electrons. The van der Waals surface area contributed by atoms with Crippen LogP contribution in [-0.4, -0.2) is 42.1 Å². The van der Waals surface area contributed by atoms with E-state index in [4.69, 9.17) is 11.6 Å². The Morgan fingerprint density at radius 3 is 2.75 bits per heavy atom. The van der Waals surface area contributed by atoms with Gasteiger partial charge in [0.05, 0.1) is 28.7 Å². The van der Waals surface area contributed by atoms with Gasteiger partial charge in [0, 0.05) is 18.0 Å². The first-order chi connectivity index (χ1) is 15.3. The second-order valence-corrected chi connectivity index (χ2v) is 10.6. The van der Waals surface area contributed by atoms with E-state index in [1.807, 2.05) is 11.0 Å². The molecule has 1 saturated carbocycles. The SMILES string of the molecule is C[C@H](/C=C/S(=O)(=O)C1CC1)NC(=O)c1cnc(N2CCCC2c2cccc(F)c2Cl)cn1. The van der Waals surface area contributed by atoms with Gasteiger partial charge in [-0.1, -0.05) is 29.8 Å². The molecule has 2 fully saturated rings. The second kappa shape index (κ2) is 9.15. The maximum atomic E-state index is 13.9. The molecular formula is C22H24ClFN4O3S. The Balaban J connectivity index is 1.42. The molecule has 2 aliphatic rings. The number of hydrogen-bond donors (Lipinski definition) is 1. The molecule has 2 atom stereocenters. The summed E-state index contributed by atoms with van der Waals surface area (Å²) >= 11 is 6.18. The number of aromatic nitrogens is 2. The molecule has 2 aromatic rings. The van der Waals surface area contributed by atoms with Crippen LogP contribution < -0.4 is 10.2 Å². The van der Waals surface area contributed by atoms with Gasteiger partial charge in [-0.2, -0.15) is 0 Å². The first kappa shape index (κ1) is 22.7. The van der Waals surface area contributed by atoms with Gasteiger partial charge in [0.25, 0.3) is 5.91 Å². The predicted molar refractivity (Wildman–Crippen MR) is 121 cm³/mol. The van der Waals surface area contributed by atoms with E-state index in [0.29, 0.717) is 24.2 Å². The van der Waals surface area contributed by atoms with Crippen LogP contribution in [0.3, 0.4) is 0 Å². The highest BCUT2D eigenvalue weighted by atomic mass is 35.5. The summed E-state index contributed by atoms with van der Waals surface area (Å²) < 4.78 is 37.8. The van der Waals surface area contributed by atoms with Crippen molar-refractivity contribution in [1.29, 1.82) is 0 Å². The first-order valence-corrected chi connectivity index (χ1v) is 12.5. The molecule has 4 rings (SSSR count). The van der Waals surface area contributed by atoms with Crippen molar-refractivity contribution in [3.05, 3.63) is 64.2 Å². The maximum absolute atomic E-state index is 13.9. The molecule has 1 aliphatic heterocycles. The average molecular weight is 479 g/mol. The summed E-state index contributed by atoms with van der Waals surface area (Å²) in [6.07, 6.45) is 7.45. The fourth-order valence-electron chi connectivity index (χ4n) is 3.79. The Kier molecular flexibility index (Phi) is 6.48. The Hall–Kier alpha value is -2.52. The third kappa shape index (κ3) is 4.94. The monoisotopic (exact) mass is 478 g/mol. The molecule has 7 nitrogen and oxygen atoms in total. The molecule has 2 heterocycles. The normalized spacial score (nSPS) is 20.0. The largest absolute Gasteiger partial charge is 0.348 e. The number of hydrogen-bond acceptors (Lipinski definition) is 6. The Bertz CT molecular complexity index is 1140. The molecule has 1 unspecified atom stereocenters. The summed E-state index contributed by atoms with van der Waals surface area (Å²) in [6.45, 7) is 2.41. The van der Waals surface area contributed by atoms with Crippen LogP contribution in [-0.2, 0) is 9.84 Å². The minimum atomic E-state index is -3.23. The molecule has 1 aromatic heterocycles. The molecule has 1 aromatic carbocycles. The van der Waals surface area contributed by atoms with Crippen molar-refractivity contribution in [3.8, 4) is 0 Å². The highest BCUT2D eigenvalue weighted by molar-refractivity contribution is 7.95. The van der Waals surface area contributed by atoms with Crippen molar-refractivity contribution in [2.75, 3.05) is 11.4 Å². The lowest BCUT2D eigenvalue weighted by atomic mass is 10.0. The van der Waals surface area contributed by atoms with Crippen LogP contribution in [0.15, 0.2) is 42.1 Å². The van der Waals surface area contributed by atoms with Crippen LogP contribution in [0.1, 0.15) is 54.7 Å². The number of carbonyl (C=O) groups excluding carboxylic acids is 1. The van der Waals surface area contributed by atoms with Crippen LogP contribution in [0.25, 0.3) is 0 Å². The van der Waals surface area contributed by atoms with E-state index in [2.05, 4.69) is 15.3 Å². The first-order valence-electron chi connectivity index (χ1n) is 10.5. The molecule has 10 heteroatoms. The van der Waals surface area contributed by atoms with E-state index >= 15 is 0 Å². The molecule has 1 aliphatic carbocycles. The zero-order valence-corrected chi connectivity index (χ0v) is 19.1. The lowest BCUT2D eigenvalue weighted by Gasteiger charge is -2.26. The standard InChI is InChI=1S/C22H24ClFN4O3S/c1-14(9-11-32(30,31)15-7-8-15)27-22(29)18-12-26-20(13-25-18)28-10-3-6-19(28)16-4-2-5-17(24)21(16)23/h2,4-5,9,11-15,19H,3,6-8,10H2,1H3,(H,27,29)/b11-9+/t14-,19?/m1/s1. The van der Waals surface area contributed by atoms with Crippen molar-refractivity contribution in [1.82, 2.24) is 15.3 Å². The molecule has 32 heavy (non-hydrogen) atoms. The molecule has 1 amide bonds. The van der Waals surface area contributed by atoms with Gasteiger partial charge in [-0.3, -0.25) is 4.79 Å². The summed E-state index contributed by atoms with van der Waals surface area (Å²) in [6, 6.07) is 4.18. The number of nitrogens with zero attached hydrogens (tertiary/aromatic N) is 3. The van der Waals surface area contributed by atoms with Crippen molar-refractivity contribution in [2.24, 2.45) is 0 Å². The van der Waals surface area contributed by atoms with E-state index < -0.39 is 27.6 Å². The highest BCUT2D eigenvalue weighted by Gasteiger charge is 2.33. The van der Waals surface area contributed by atoms with Crippen LogP contribution in [0.4, 0.5) is 10.2 Å². The third-order valence-electron chi connectivity index (χ3n) is 5.66. The molecule has 170 valence electrons.